The summed E-state index contributed by atoms with van der Waals surface area (Å²) in [5, 5.41) is 4.37. The normalized spacial score (nSPS) is 12.6. The molecule has 0 spiro atoms. The van der Waals surface area contributed by atoms with Gasteiger partial charge < -0.3 is 4.74 Å². The molecule has 0 bridgehead atoms. The number of benzene rings is 1. The number of aryl methyl sites for hydroxylation is 1. The third-order valence-electron chi connectivity index (χ3n) is 3.25. The third-order valence-corrected chi connectivity index (χ3v) is 4.55. The molecule has 2 rings (SSSR count). The highest BCUT2D eigenvalue weighted by Crippen LogP contribution is 2.32. The smallest absolute Gasteiger partial charge is 0.0900 e. The monoisotopic (exact) mass is 416 g/mol. The Balaban J connectivity index is 2.43. The van der Waals surface area contributed by atoms with Crippen LogP contribution in [0.15, 0.2) is 33.3 Å². The van der Waals surface area contributed by atoms with Crippen LogP contribution in [0.2, 0.25) is 0 Å². The fourth-order valence-electron chi connectivity index (χ4n) is 2.20. The molecule has 0 aliphatic rings. The molecular weight excluding hydrogens is 400 g/mol. The molecule has 0 amide bonds. The van der Waals surface area contributed by atoms with Gasteiger partial charge in [0.15, 0.2) is 0 Å². The van der Waals surface area contributed by atoms with Crippen LogP contribution in [0, 0.1) is 6.92 Å². The maximum atomic E-state index is 5.81. The van der Waals surface area contributed by atoms with E-state index in [9.17, 15) is 0 Å². The van der Waals surface area contributed by atoms with E-state index in [-0.39, 0.29) is 6.04 Å². The summed E-state index contributed by atoms with van der Waals surface area (Å²) in [5.74, 6) is 5.81. The first-order valence-corrected chi connectivity index (χ1v) is 8.09. The largest absolute Gasteiger partial charge is 0.383 e. The van der Waals surface area contributed by atoms with Gasteiger partial charge in [-0.2, -0.15) is 5.10 Å². The molecule has 7 heteroatoms. The van der Waals surface area contributed by atoms with Gasteiger partial charge in [-0.15, -0.1) is 0 Å². The number of rotatable bonds is 6. The van der Waals surface area contributed by atoms with E-state index in [1.165, 1.54) is 5.56 Å². The Morgan fingerprint density at radius 2 is 2.14 bits per heavy atom. The summed E-state index contributed by atoms with van der Waals surface area (Å²) in [6.45, 7) is 3.31. The van der Waals surface area contributed by atoms with Crippen molar-refractivity contribution < 1.29 is 4.74 Å². The van der Waals surface area contributed by atoms with E-state index in [1.54, 1.807) is 13.3 Å². The molecule has 5 nitrogen and oxygen atoms in total. The standard InChI is InChI=1S/C14H18Br2N4O/c1-9-3-4-10(11(15)7-9)13(19-17)14-12(16)8-18-20(14)5-6-21-2/h3-4,7-8,13,19H,5-6,17H2,1-2H3. The Labute approximate surface area is 141 Å². The highest BCUT2D eigenvalue weighted by Gasteiger charge is 2.22. The molecule has 3 N–H and O–H groups in total. The van der Waals surface area contributed by atoms with Gasteiger partial charge in [0.1, 0.15) is 0 Å². The van der Waals surface area contributed by atoms with Crippen LogP contribution in [-0.2, 0) is 11.3 Å². The first-order valence-electron chi connectivity index (χ1n) is 6.50. The first kappa shape index (κ1) is 16.6. The van der Waals surface area contributed by atoms with Crippen LogP contribution in [0.4, 0.5) is 0 Å². The second-order valence-electron chi connectivity index (χ2n) is 4.72. The molecule has 21 heavy (non-hydrogen) atoms. The van der Waals surface area contributed by atoms with Crippen LogP contribution in [0.5, 0.6) is 0 Å². The van der Waals surface area contributed by atoms with Crippen molar-refractivity contribution in [3.05, 3.63) is 50.2 Å². The summed E-state index contributed by atoms with van der Waals surface area (Å²) in [4.78, 5) is 0. The van der Waals surface area contributed by atoms with E-state index >= 15 is 0 Å². The van der Waals surface area contributed by atoms with E-state index in [4.69, 9.17) is 10.6 Å². The number of ether oxygens (including phenoxy) is 1. The number of nitrogens with one attached hydrogen (secondary N) is 1. The van der Waals surface area contributed by atoms with Gasteiger partial charge in [-0.3, -0.25) is 10.5 Å². The zero-order chi connectivity index (χ0) is 15.4. The Morgan fingerprint density at radius 3 is 2.76 bits per heavy atom. The molecule has 1 atom stereocenters. The lowest BCUT2D eigenvalue weighted by Gasteiger charge is -2.20. The predicted molar refractivity (Wildman–Crippen MR) is 89.8 cm³/mol. The molecule has 0 saturated carbocycles. The topological polar surface area (TPSA) is 65.1 Å². The minimum atomic E-state index is -0.172. The van der Waals surface area contributed by atoms with Crippen LogP contribution in [0.3, 0.4) is 0 Å². The van der Waals surface area contributed by atoms with Gasteiger partial charge in [0.05, 0.1) is 35.6 Å². The van der Waals surface area contributed by atoms with Crippen molar-refractivity contribution in [1.29, 1.82) is 0 Å². The summed E-state index contributed by atoms with van der Waals surface area (Å²) >= 11 is 7.16. The van der Waals surface area contributed by atoms with E-state index in [2.05, 4.69) is 67.5 Å². The molecule has 0 aliphatic carbocycles. The maximum absolute atomic E-state index is 5.81. The van der Waals surface area contributed by atoms with Gasteiger partial charge in [0.2, 0.25) is 0 Å². The van der Waals surface area contributed by atoms with Crippen molar-refractivity contribution in [2.75, 3.05) is 13.7 Å². The van der Waals surface area contributed by atoms with Gasteiger partial charge in [-0.1, -0.05) is 28.1 Å². The molecule has 114 valence electrons. The Kier molecular flexibility index (Phi) is 5.95. The highest BCUT2D eigenvalue weighted by atomic mass is 79.9. The van der Waals surface area contributed by atoms with Crippen molar-refractivity contribution in [1.82, 2.24) is 15.2 Å². The van der Waals surface area contributed by atoms with E-state index < -0.39 is 0 Å². The predicted octanol–water partition coefficient (Wildman–Crippen LogP) is 2.92. The van der Waals surface area contributed by atoms with Crippen LogP contribution in [0.1, 0.15) is 22.9 Å². The molecule has 1 aromatic carbocycles. The van der Waals surface area contributed by atoms with Gasteiger partial charge >= 0.3 is 0 Å². The Morgan fingerprint density at radius 1 is 1.38 bits per heavy atom. The lowest BCUT2D eigenvalue weighted by atomic mass is 10.0. The average molecular weight is 418 g/mol. The van der Waals surface area contributed by atoms with E-state index in [0.717, 1.165) is 20.2 Å². The van der Waals surface area contributed by atoms with Crippen LogP contribution >= 0.6 is 31.9 Å². The van der Waals surface area contributed by atoms with Crippen molar-refractivity contribution >= 4 is 31.9 Å². The zero-order valence-electron chi connectivity index (χ0n) is 11.9. The van der Waals surface area contributed by atoms with Gasteiger partial charge in [-0.05, 0) is 40.0 Å². The van der Waals surface area contributed by atoms with Crippen molar-refractivity contribution in [3.8, 4) is 0 Å². The first-order chi connectivity index (χ1) is 10.1. The van der Waals surface area contributed by atoms with Gasteiger partial charge in [0, 0.05) is 11.6 Å². The minimum absolute atomic E-state index is 0.172. The van der Waals surface area contributed by atoms with Crippen LogP contribution < -0.4 is 11.3 Å². The number of aromatic nitrogens is 2. The third kappa shape index (κ3) is 3.73. The Bertz CT molecular complexity index is 615. The molecule has 0 fully saturated rings. The SMILES string of the molecule is COCCn1ncc(Br)c1C(NN)c1ccc(C)cc1Br. The molecule has 1 heterocycles. The number of hydrogen-bond acceptors (Lipinski definition) is 4. The summed E-state index contributed by atoms with van der Waals surface area (Å²) in [5.41, 5.74) is 6.10. The highest BCUT2D eigenvalue weighted by molar-refractivity contribution is 9.10. The molecular formula is C14H18Br2N4O. The van der Waals surface area contributed by atoms with Crippen molar-refractivity contribution in [2.45, 2.75) is 19.5 Å². The Hall–Kier alpha value is -0.730. The minimum Gasteiger partial charge on any atom is -0.383 e. The maximum Gasteiger partial charge on any atom is 0.0900 e. The van der Waals surface area contributed by atoms with Crippen molar-refractivity contribution in [3.63, 3.8) is 0 Å². The van der Waals surface area contributed by atoms with Crippen LogP contribution in [0.25, 0.3) is 0 Å². The molecule has 2 aromatic rings. The summed E-state index contributed by atoms with van der Waals surface area (Å²) < 4.78 is 8.95. The van der Waals surface area contributed by atoms with E-state index in [1.807, 2.05) is 4.68 Å². The van der Waals surface area contributed by atoms with Crippen molar-refractivity contribution in [2.24, 2.45) is 5.84 Å². The quantitative estimate of drug-likeness (QED) is 0.560. The molecule has 0 saturated heterocycles. The second-order valence-corrected chi connectivity index (χ2v) is 6.43. The average Bonchev–Trinajstić information content (AvgIpc) is 2.81. The van der Waals surface area contributed by atoms with Gasteiger partial charge in [-0.25, -0.2) is 5.43 Å². The number of hydrogen-bond donors (Lipinski definition) is 2. The number of methoxy groups -OCH3 is 1. The molecule has 0 aliphatic heterocycles. The zero-order valence-corrected chi connectivity index (χ0v) is 15.1. The fourth-order valence-corrected chi connectivity index (χ4v) is 3.44. The second kappa shape index (κ2) is 7.51. The summed E-state index contributed by atoms with van der Waals surface area (Å²) in [6, 6.07) is 6.02. The molecule has 1 aromatic heterocycles. The van der Waals surface area contributed by atoms with Gasteiger partial charge in [0.25, 0.3) is 0 Å². The van der Waals surface area contributed by atoms with Crippen LogP contribution in [-0.4, -0.2) is 23.5 Å². The number of hydrazine groups is 1. The van der Waals surface area contributed by atoms with E-state index in [0.29, 0.717) is 13.2 Å². The molecule has 0 radical (unpaired) electrons. The fraction of sp³-hybridized carbons (Fsp3) is 0.357. The number of halogens is 2. The number of nitrogens with zero attached hydrogens (tertiary/aromatic N) is 2. The lowest BCUT2D eigenvalue weighted by molar-refractivity contribution is 0.182. The number of nitrogens with two attached hydrogens (primary N) is 1. The summed E-state index contributed by atoms with van der Waals surface area (Å²) in [6.07, 6.45) is 1.78. The lowest BCUT2D eigenvalue weighted by Crippen LogP contribution is -2.31. The molecule has 1 unspecified atom stereocenters. The summed E-state index contributed by atoms with van der Waals surface area (Å²) in [7, 11) is 1.67.